The van der Waals surface area contributed by atoms with E-state index in [9.17, 15) is 0 Å². The topological polar surface area (TPSA) is 51.6 Å². The van der Waals surface area contributed by atoms with Crippen molar-refractivity contribution < 1.29 is 19.5 Å². The van der Waals surface area contributed by atoms with Crippen molar-refractivity contribution in [2.24, 2.45) is 0 Å². The Bertz CT molecular complexity index is 2230. The number of aromatic nitrogens is 4. The van der Waals surface area contributed by atoms with Crippen LogP contribution in [0.3, 0.4) is 0 Å². The molecule has 0 atom stereocenters. The third-order valence-corrected chi connectivity index (χ3v) is 12.0. The molecule has 4 nitrogen and oxygen atoms in total. The van der Waals surface area contributed by atoms with Crippen LogP contribution in [0.2, 0.25) is 0 Å². The smallest absolute Gasteiger partial charge is 0.252 e. The second-order valence-corrected chi connectivity index (χ2v) is 17.1. The van der Waals surface area contributed by atoms with Crippen molar-refractivity contribution in [1.82, 2.24) is 19.9 Å². The van der Waals surface area contributed by atoms with Crippen LogP contribution in [0, 0.1) is 0 Å². The largest absolute Gasteiger partial charge is 3.00 e. The molecule has 0 aliphatic carbocycles. The van der Waals surface area contributed by atoms with Gasteiger partial charge >= 0.3 is 19.5 Å². The zero-order valence-electron chi connectivity index (χ0n) is 35.7. The molecule has 0 fully saturated rings. The van der Waals surface area contributed by atoms with E-state index in [0.29, 0.717) is 0 Å². The first-order valence-electron chi connectivity index (χ1n) is 21.3. The molecule has 0 unspecified atom stereocenters. The van der Waals surface area contributed by atoms with E-state index in [2.05, 4.69) is 92.9 Å². The number of unbranched alkanes of at least 4 members (excludes halogenated alkanes) is 4. The van der Waals surface area contributed by atoms with E-state index >= 15 is 0 Å². The van der Waals surface area contributed by atoms with Gasteiger partial charge in [0, 0.05) is 33.4 Å². The third kappa shape index (κ3) is 14.3. The fourth-order valence-corrected chi connectivity index (χ4v) is 8.38. The first kappa shape index (κ1) is 46.5. The van der Waals surface area contributed by atoms with Crippen molar-refractivity contribution in [3.05, 3.63) is 194 Å². The molecule has 2 heterocycles. The molecule has 0 bridgehead atoms. The molecule has 0 amide bonds. The summed E-state index contributed by atoms with van der Waals surface area (Å²) in [4.78, 5) is 19.3. The molecule has 0 spiro atoms. The van der Waals surface area contributed by atoms with Gasteiger partial charge in [-0.05, 0) is 36.6 Å². The van der Waals surface area contributed by atoms with E-state index < -0.39 is 0 Å². The maximum absolute atomic E-state index is 4.93. The van der Waals surface area contributed by atoms with Crippen LogP contribution in [0.4, 0.5) is 0 Å². The van der Waals surface area contributed by atoms with Gasteiger partial charge in [-0.15, -0.1) is 0 Å². The average molecular weight is 907 g/mol. The maximum Gasteiger partial charge on any atom is 3.00 e. The molecule has 6 heteroatoms. The predicted molar refractivity (Wildman–Crippen MR) is 259 cm³/mol. The first-order chi connectivity index (χ1) is 29.6. The van der Waals surface area contributed by atoms with E-state index in [1.165, 1.54) is 50.0 Å². The maximum atomic E-state index is 4.93. The molecule has 0 saturated carbocycles. The summed E-state index contributed by atoms with van der Waals surface area (Å²) in [6, 6.07) is 61.1. The van der Waals surface area contributed by atoms with Crippen molar-refractivity contribution in [1.29, 1.82) is 0 Å². The van der Waals surface area contributed by atoms with Crippen LogP contribution in [0.1, 0.15) is 52.4 Å². The molecule has 6 aromatic carbocycles. The van der Waals surface area contributed by atoms with Gasteiger partial charge in [-0.2, -0.15) is 0 Å². The van der Waals surface area contributed by atoms with Crippen LogP contribution in [0.5, 0.6) is 0 Å². The summed E-state index contributed by atoms with van der Waals surface area (Å²) in [5.41, 5.74) is 11.8. The summed E-state index contributed by atoms with van der Waals surface area (Å²) in [5, 5.41) is 0. The minimum atomic E-state index is 0. The molecule has 0 aliphatic rings. The molecule has 8 aromatic rings. The SMILES string of the molecule is CCCCC[S+](C)CCCCC.[Ru+3].c1ccc(-c2cnc(-c3ccccc3)c(-c3ccccc3)n2)cc1.c1ccc(-c2cnc(-c3ccccc3)c(-c3ccccc3)n2)cc1. The Balaban J connectivity index is 0.000000182. The summed E-state index contributed by atoms with van der Waals surface area (Å²) in [7, 11) is 0.727. The number of nitrogens with zero attached hydrogens (tertiary/aromatic N) is 4. The summed E-state index contributed by atoms with van der Waals surface area (Å²) in [6.45, 7) is 4.57. The predicted octanol–water partition coefficient (Wildman–Crippen LogP) is 14.6. The molecular formula is C55H57N4RuS+4. The van der Waals surface area contributed by atoms with Gasteiger partial charge in [0.05, 0.1) is 52.8 Å². The van der Waals surface area contributed by atoms with Crippen molar-refractivity contribution in [2.75, 3.05) is 17.8 Å². The molecule has 61 heavy (non-hydrogen) atoms. The number of hydrogen-bond donors (Lipinski definition) is 0. The molecule has 8 rings (SSSR count). The quantitative estimate of drug-likeness (QED) is 0.0620. The van der Waals surface area contributed by atoms with Crippen molar-refractivity contribution >= 4 is 10.9 Å². The van der Waals surface area contributed by atoms with Crippen molar-refractivity contribution in [2.45, 2.75) is 52.4 Å². The Morgan fingerprint density at radius 3 is 0.885 bits per heavy atom. The summed E-state index contributed by atoms with van der Waals surface area (Å²) in [5.74, 6) is 2.97. The van der Waals surface area contributed by atoms with Gasteiger partial charge in [0.1, 0.15) is 11.5 Å². The van der Waals surface area contributed by atoms with E-state index in [4.69, 9.17) is 19.9 Å². The van der Waals surface area contributed by atoms with Gasteiger partial charge in [-0.1, -0.05) is 209 Å². The van der Waals surface area contributed by atoms with Crippen LogP contribution in [-0.2, 0) is 30.4 Å². The minimum Gasteiger partial charge on any atom is -0.252 e. The van der Waals surface area contributed by atoms with Crippen molar-refractivity contribution in [3.63, 3.8) is 0 Å². The fraction of sp³-hybridized carbons (Fsp3) is 0.200. The monoisotopic (exact) mass is 907 g/mol. The second kappa shape index (κ2) is 25.9. The van der Waals surface area contributed by atoms with Gasteiger partial charge in [-0.3, -0.25) is 9.97 Å². The zero-order valence-corrected chi connectivity index (χ0v) is 38.2. The van der Waals surface area contributed by atoms with E-state index in [-0.39, 0.29) is 19.5 Å². The fourth-order valence-electron chi connectivity index (χ4n) is 6.78. The van der Waals surface area contributed by atoms with Crippen molar-refractivity contribution in [3.8, 4) is 67.5 Å². The number of rotatable bonds is 14. The van der Waals surface area contributed by atoms with Gasteiger partial charge in [0.15, 0.2) is 0 Å². The summed E-state index contributed by atoms with van der Waals surface area (Å²) < 4.78 is 0. The van der Waals surface area contributed by atoms with Crippen LogP contribution < -0.4 is 0 Å². The summed E-state index contributed by atoms with van der Waals surface area (Å²) >= 11 is 0. The Morgan fingerprint density at radius 1 is 0.344 bits per heavy atom. The van der Waals surface area contributed by atoms with Gasteiger partial charge in [0.2, 0.25) is 0 Å². The number of hydrogen-bond acceptors (Lipinski definition) is 4. The van der Waals surface area contributed by atoms with E-state index in [1.807, 2.05) is 122 Å². The van der Waals surface area contributed by atoms with Gasteiger partial charge < -0.3 is 0 Å². The van der Waals surface area contributed by atoms with Crippen LogP contribution in [-0.4, -0.2) is 37.7 Å². The van der Waals surface area contributed by atoms with Gasteiger partial charge in [0.25, 0.3) is 0 Å². The number of benzene rings is 6. The Kier molecular flexibility index (Phi) is 19.8. The van der Waals surface area contributed by atoms with Crippen LogP contribution in [0.15, 0.2) is 194 Å². The average Bonchev–Trinajstić information content (AvgIpc) is 3.33. The molecule has 2 aromatic heterocycles. The molecule has 1 radical (unpaired) electrons. The normalized spacial score (nSPS) is 10.4. The molecule has 307 valence electrons. The Labute approximate surface area is 380 Å². The first-order valence-corrected chi connectivity index (χ1v) is 23.3. The second-order valence-electron chi connectivity index (χ2n) is 14.7. The Morgan fingerprint density at radius 2 is 0.607 bits per heavy atom. The van der Waals surface area contributed by atoms with E-state index in [0.717, 1.165) is 78.4 Å². The molecule has 0 N–H and O–H groups in total. The third-order valence-electron chi connectivity index (χ3n) is 10.1. The summed E-state index contributed by atoms with van der Waals surface area (Å²) in [6.07, 6.45) is 14.7. The minimum absolute atomic E-state index is 0. The zero-order chi connectivity index (χ0) is 41.6. The standard InChI is InChI=1S/2C22H16N2.C11H25S.Ru/c2*1-4-10-17(11-5-1)20-16-23-21(18-12-6-2-7-13-18)22(24-20)19-14-8-3-9-15-19;1-4-6-8-10-12(3)11-9-7-5-2;/h2*1-16H;4-11H2,1-3H3;/q;;+1;+3. The molecular weight excluding hydrogens is 850 g/mol. The Hall–Kier alpha value is -5.55. The van der Waals surface area contributed by atoms with Gasteiger partial charge in [-0.25, -0.2) is 9.97 Å². The van der Waals surface area contributed by atoms with Crippen LogP contribution in [0.25, 0.3) is 67.5 Å². The van der Waals surface area contributed by atoms with E-state index in [1.54, 1.807) is 0 Å². The van der Waals surface area contributed by atoms with Crippen LogP contribution >= 0.6 is 0 Å². The molecule has 0 saturated heterocycles. The molecule has 0 aliphatic heterocycles.